The predicted molar refractivity (Wildman–Crippen MR) is 63.2 cm³/mol. The zero-order valence-electron chi connectivity index (χ0n) is 9.31. The van der Waals surface area contributed by atoms with E-state index in [-0.39, 0.29) is 11.8 Å². The van der Waals surface area contributed by atoms with Gasteiger partial charge in [0.05, 0.1) is 13.0 Å². The van der Waals surface area contributed by atoms with Crippen LogP contribution in [0.25, 0.3) is 0 Å². The third-order valence-corrected chi connectivity index (χ3v) is 4.32. The molecule has 0 saturated heterocycles. The van der Waals surface area contributed by atoms with Crippen LogP contribution in [0, 0.1) is 5.92 Å². The Labute approximate surface area is 99.1 Å². The van der Waals surface area contributed by atoms with Crippen molar-refractivity contribution in [3.8, 4) is 5.75 Å². The average Bonchev–Trinajstić information content (AvgIpc) is 2.77. The Morgan fingerprint density at radius 3 is 2.88 bits per heavy atom. The largest absolute Gasteiger partial charge is 0.496 e. The van der Waals surface area contributed by atoms with Gasteiger partial charge in [0.15, 0.2) is 0 Å². The molecule has 3 nitrogen and oxygen atoms in total. The Morgan fingerprint density at radius 1 is 1.50 bits per heavy atom. The fourth-order valence-electron chi connectivity index (χ4n) is 2.40. The second-order valence-electron chi connectivity index (χ2n) is 4.22. The Hall–Kier alpha value is -1.03. The highest BCUT2D eigenvalue weighted by Crippen LogP contribution is 2.41. The maximum atomic E-state index is 11.2. The third-order valence-electron chi connectivity index (χ3n) is 3.28. The molecule has 0 amide bonds. The van der Waals surface area contributed by atoms with Gasteiger partial charge in [-0.25, -0.2) is 0 Å². The van der Waals surface area contributed by atoms with Crippen molar-refractivity contribution in [1.82, 2.24) is 0 Å². The second kappa shape index (κ2) is 4.87. The van der Waals surface area contributed by atoms with E-state index in [4.69, 9.17) is 4.74 Å². The highest BCUT2D eigenvalue weighted by Gasteiger charge is 2.32. The molecular weight excluding hydrogens is 224 g/mol. The van der Waals surface area contributed by atoms with Gasteiger partial charge in [0.1, 0.15) is 5.75 Å². The lowest BCUT2D eigenvalue weighted by molar-refractivity contribution is -0.143. The molecule has 1 saturated carbocycles. The molecular formula is C12H16O3S. The van der Waals surface area contributed by atoms with E-state index in [1.54, 1.807) is 18.4 Å². The van der Waals surface area contributed by atoms with E-state index in [2.05, 4.69) is 0 Å². The fourth-order valence-corrected chi connectivity index (χ4v) is 3.46. The standard InChI is InChI=1S/C12H16O3S/c1-15-8-6-11(16-7-8)9-4-2-3-5-10(9)12(13)14/h6-7,9-10H,2-5H2,1H3,(H,13,14). The second-order valence-corrected chi connectivity index (χ2v) is 5.17. The van der Waals surface area contributed by atoms with Crippen molar-refractivity contribution in [2.24, 2.45) is 5.92 Å². The molecule has 2 atom stereocenters. The predicted octanol–water partition coefficient (Wildman–Crippen LogP) is 3.12. The maximum Gasteiger partial charge on any atom is 0.307 e. The summed E-state index contributed by atoms with van der Waals surface area (Å²) in [6.45, 7) is 0. The number of carboxylic acids is 1. The van der Waals surface area contributed by atoms with E-state index in [0.717, 1.165) is 36.3 Å². The van der Waals surface area contributed by atoms with Crippen LogP contribution in [0.1, 0.15) is 36.5 Å². The number of hydrogen-bond acceptors (Lipinski definition) is 3. The fraction of sp³-hybridized carbons (Fsp3) is 0.583. The van der Waals surface area contributed by atoms with Crippen LogP contribution in [0.4, 0.5) is 0 Å². The Kier molecular flexibility index (Phi) is 3.49. The van der Waals surface area contributed by atoms with Gasteiger partial charge in [-0.05, 0) is 18.9 Å². The number of carbonyl (C=O) groups is 1. The van der Waals surface area contributed by atoms with Gasteiger partial charge in [-0.3, -0.25) is 4.79 Å². The maximum absolute atomic E-state index is 11.2. The van der Waals surface area contributed by atoms with Gasteiger partial charge in [-0.15, -0.1) is 11.3 Å². The molecule has 16 heavy (non-hydrogen) atoms. The first-order valence-electron chi connectivity index (χ1n) is 5.57. The van der Waals surface area contributed by atoms with Gasteiger partial charge >= 0.3 is 5.97 Å². The minimum atomic E-state index is -0.655. The van der Waals surface area contributed by atoms with Crippen LogP contribution >= 0.6 is 11.3 Å². The van der Waals surface area contributed by atoms with Gasteiger partial charge in [0.2, 0.25) is 0 Å². The number of methoxy groups -OCH3 is 1. The quantitative estimate of drug-likeness (QED) is 0.883. The van der Waals surface area contributed by atoms with Crippen LogP contribution in [-0.2, 0) is 4.79 Å². The smallest absolute Gasteiger partial charge is 0.307 e. The van der Waals surface area contributed by atoms with Gasteiger partial charge in [0.25, 0.3) is 0 Å². The first kappa shape index (κ1) is 11.5. The Morgan fingerprint density at radius 2 is 2.25 bits per heavy atom. The molecule has 4 heteroatoms. The summed E-state index contributed by atoms with van der Waals surface area (Å²) >= 11 is 1.61. The van der Waals surface area contributed by atoms with Gasteiger partial charge in [0, 0.05) is 16.2 Å². The van der Waals surface area contributed by atoms with E-state index in [1.807, 2.05) is 11.4 Å². The van der Waals surface area contributed by atoms with Crippen molar-refractivity contribution >= 4 is 17.3 Å². The first-order chi connectivity index (χ1) is 7.72. The zero-order valence-corrected chi connectivity index (χ0v) is 10.1. The van der Waals surface area contributed by atoms with Crippen molar-refractivity contribution in [2.75, 3.05) is 7.11 Å². The van der Waals surface area contributed by atoms with Crippen molar-refractivity contribution < 1.29 is 14.6 Å². The Balaban J connectivity index is 2.19. The molecule has 0 bridgehead atoms. The van der Waals surface area contributed by atoms with Crippen LogP contribution < -0.4 is 4.74 Å². The van der Waals surface area contributed by atoms with Gasteiger partial charge < -0.3 is 9.84 Å². The summed E-state index contributed by atoms with van der Waals surface area (Å²) < 4.78 is 5.14. The molecule has 1 heterocycles. The molecule has 0 radical (unpaired) electrons. The van der Waals surface area contributed by atoms with E-state index in [1.165, 1.54) is 0 Å². The van der Waals surface area contributed by atoms with Crippen LogP contribution in [0.15, 0.2) is 11.4 Å². The molecule has 1 aliphatic rings. The van der Waals surface area contributed by atoms with E-state index < -0.39 is 5.97 Å². The lowest BCUT2D eigenvalue weighted by Gasteiger charge is -2.27. The molecule has 1 N–H and O–H groups in total. The van der Waals surface area contributed by atoms with E-state index in [9.17, 15) is 9.90 Å². The SMILES string of the molecule is COc1csc(C2CCCCC2C(=O)O)c1. The number of hydrogen-bond donors (Lipinski definition) is 1. The summed E-state index contributed by atoms with van der Waals surface area (Å²) in [5.74, 6) is 0.157. The molecule has 1 aliphatic carbocycles. The molecule has 88 valence electrons. The number of thiophene rings is 1. The third kappa shape index (κ3) is 2.21. The monoisotopic (exact) mass is 240 g/mol. The highest BCUT2D eigenvalue weighted by molar-refractivity contribution is 7.10. The van der Waals surface area contributed by atoms with Gasteiger partial charge in [-0.2, -0.15) is 0 Å². The van der Waals surface area contributed by atoms with E-state index in [0.29, 0.717) is 0 Å². The van der Waals surface area contributed by atoms with Crippen LogP contribution in [0.3, 0.4) is 0 Å². The van der Waals surface area contributed by atoms with Crippen molar-refractivity contribution in [3.05, 3.63) is 16.3 Å². The zero-order chi connectivity index (χ0) is 11.5. The Bertz CT molecular complexity index is 372. The highest BCUT2D eigenvalue weighted by atomic mass is 32.1. The molecule has 0 aromatic carbocycles. The molecule has 2 rings (SSSR count). The molecule has 0 spiro atoms. The minimum Gasteiger partial charge on any atom is -0.496 e. The lowest BCUT2D eigenvalue weighted by Crippen LogP contribution is -2.24. The van der Waals surface area contributed by atoms with Crippen LogP contribution in [0.2, 0.25) is 0 Å². The summed E-state index contributed by atoms with van der Waals surface area (Å²) in [6, 6.07) is 1.98. The topological polar surface area (TPSA) is 46.5 Å². The van der Waals surface area contributed by atoms with Gasteiger partial charge in [-0.1, -0.05) is 12.8 Å². The summed E-state index contributed by atoms with van der Waals surface area (Å²) in [7, 11) is 1.64. The van der Waals surface area contributed by atoms with Crippen molar-refractivity contribution in [1.29, 1.82) is 0 Å². The lowest BCUT2D eigenvalue weighted by atomic mass is 9.78. The molecule has 1 aromatic rings. The van der Waals surface area contributed by atoms with Crippen molar-refractivity contribution in [2.45, 2.75) is 31.6 Å². The number of carboxylic acid groups (broad SMARTS) is 1. The molecule has 0 aliphatic heterocycles. The number of aliphatic carboxylic acids is 1. The minimum absolute atomic E-state index is 0.181. The number of rotatable bonds is 3. The molecule has 1 aromatic heterocycles. The molecule has 2 unspecified atom stereocenters. The van der Waals surface area contributed by atoms with Crippen LogP contribution in [0.5, 0.6) is 5.75 Å². The summed E-state index contributed by atoms with van der Waals surface area (Å²) in [5, 5.41) is 11.2. The van der Waals surface area contributed by atoms with Crippen LogP contribution in [-0.4, -0.2) is 18.2 Å². The average molecular weight is 240 g/mol. The normalized spacial score (nSPS) is 25.3. The summed E-state index contributed by atoms with van der Waals surface area (Å²) in [4.78, 5) is 12.3. The summed E-state index contributed by atoms with van der Waals surface area (Å²) in [5.41, 5.74) is 0. The van der Waals surface area contributed by atoms with E-state index >= 15 is 0 Å². The first-order valence-corrected chi connectivity index (χ1v) is 6.45. The molecule has 1 fully saturated rings. The van der Waals surface area contributed by atoms with Crippen molar-refractivity contribution in [3.63, 3.8) is 0 Å². The summed E-state index contributed by atoms with van der Waals surface area (Å²) in [6.07, 6.45) is 3.96. The number of ether oxygens (including phenoxy) is 1.